The third-order valence-corrected chi connectivity index (χ3v) is 2.18. The molecule has 1 rings (SSSR count). The summed E-state index contributed by atoms with van der Waals surface area (Å²) in [6.07, 6.45) is 0. The molecule has 0 radical (unpaired) electrons. The predicted octanol–water partition coefficient (Wildman–Crippen LogP) is 2.05. The Morgan fingerprint density at radius 2 is 2.31 bits per heavy atom. The van der Waals surface area contributed by atoms with Crippen molar-refractivity contribution in [1.29, 1.82) is 0 Å². The molecule has 2 N–H and O–H groups in total. The molecule has 0 aliphatic carbocycles. The Morgan fingerprint density at radius 3 is 2.85 bits per heavy atom. The van der Waals surface area contributed by atoms with Gasteiger partial charge < -0.3 is 10.5 Å². The van der Waals surface area contributed by atoms with E-state index >= 15 is 0 Å². The molecule has 0 amide bonds. The van der Waals surface area contributed by atoms with Crippen LogP contribution in [0.1, 0.15) is 17.3 Å². The molecule has 0 unspecified atom stereocenters. The first kappa shape index (κ1) is 10.3. The van der Waals surface area contributed by atoms with Crippen molar-refractivity contribution >= 4 is 34.2 Å². The lowest BCUT2D eigenvalue weighted by molar-refractivity contribution is 0.0527. The van der Waals surface area contributed by atoms with Gasteiger partial charge in [-0.25, -0.2) is 4.79 Å². The summed E-state index contributed by atoms with van der Waals surface area (Å²) in [7, 11) is 0. The summed E-state index contributed by atoms with van der Waals surface area (Å²) in [6, 6.07) is 5.24. The second-order valence-corrected chi connectivity index (χ2v) is 3.70. The first-order chi connectivity index (χ1) is 6.15. The van der Waals surface area contributed by atoms with Gasteiger partial charge in [0.1, 0.15) is 0 Å². The molecule has 0 aliphatic rings. The number of halogens is 1. The Kier molecular flexibility index (Phi) is 3.53. The number of nitrogen functional groups attached to an aromatic ring is 1. The highest BCUT2D eigenvalue weighted by molar-refractivity contribution is 14.1. The number of hydrogen-bond acceptors (Lipinski definition) is 3. The van der Waals surface area contributed by atoms with E-state index in [9.17, 15) is 4.79 Å². The van der Waals surface area contributed by atoms with Gasteiger partial charge >= 0.3 is 5.97 Å². The zero-order valence-corrected chi connectivity index (χ0v) is 9.37. The van der Waals surface area contributed by atoms with Gasteiger partial charge in [-0.1, -0.05) is 0 Å². The zero-order valence-electron chi connectivity index (χ0n) is 7.21. The minimum absolute atomic E-state index is 0.364. The minimum Gasteiger partial charge on any atom is -0.462 e. The highest BCUT2D eigenvalue weighted by Gasteiger charge is 2.09. The van der Waals surface area contributed by atoms with Crippen molar-refractivity contribution in [3.05, 3.63) is 27.3 Å². The van der Waals surface area contributed by atoms with Gasteiger partial charge in [-0.2, -0.15) is 0 Å². The Bertz CT molecular complexity index is 325. The van der Waals surface area contributed by atoms with E-state index < -0.39 is 0 Å². The third kappa shape index (κ3) is 2.58. The molecule has 0 atom stereocenters. The molecule has 0 fully saturated rings. The summed E-state index contributed by atoms with van der Waals surface area (Å²) in [4.78, 5) is 11.3. The van der Waals surface area contributed by atoms with Crippen LogP contribution in [-0.2, 0) is 4.74 Å². The molecule has 3 nitrogen and oxygen atoms in total. The molecule has 1 aromatic carbocycles. The second-order valence-electron chi connectivity index (χ2n) is 2.45. The van der Waals surface area contributed by atoms with E-state index in [4.69, 9.17) is 10.5 Å². The largest absolute Gasteiger partial charge is 0.462 e. The zero-order chi connectivity index (χ0) is 9.84. The fourth-order valence-electron chi connectivity index (χ4n) is 0.928. The van der Waals surface area contributed by atoms with Gasteiger partial charge in [-0.3, -0.25) is 0 Å². The molecule has 0 bridgehead atoms. The van der Waals surface area contributed by atoms with Crippen LogP contribution in [0.5, 0.6) is 0 Å². The molecule has 1 aromatic rings. The summed E-state index contributed by atoms with van der Waals surface area (Å²) < 4.78 is 5.83. The lowest BCUT2D eigenvalue weighted by atomic mass is 10.2. The van der Waals surface area contributed by atoms with E-state index in [0.29, 0.717) is 17.9 Å². The summed E-state index contributed by atoms with van der Waals surface area (Å²) in [5.74, 6) is -0.364. The number of anilines is 1. The summed E-state index contributed by atoms with van der Waals surface area (Å²) >= 11 is 2.13. The monoisotopic (exact) mass is 291 g/mol. The summed E-state index contributed by atoms with van der Waals surface area (Å²) in [6.45, 7) is 2.13. The highest BCUT2D eigenvalue weighted by atomic mass is 127. The van der Waals surface area contributed by atoms with Crippen LogP contribution >= 0.6 is 22.6 Å². The van der Waals surface area contributed by atoms with Crippen LogP contribution in [0.3, 0.4) is 0 Å². The van der Waals surface area contributed by atoms with E-state index in [-0.39, 0.29) is 5.97 Å². The van der Waals surface area contributed by atoms with Gasteiger partial charge in [0, 0.05) is 9.26 Å². The SMILES string of the molecule is CCOC(=O)c1ccc(I)cc1N. The standard InChI is InChI=1S/C9H10INO2/c1-2-13-9(12)7-4-3-6(10)5-8(7)11/h3-5H,2,11H2,1H3. The van der Waals surface area contributed by atoms with Gasteiger partial charge in [-0.05, 0) is 47.7 Å². The van der Waals surface area contributed by atoms with Gasteiger partial charge in [0.05, 0.1) is 12.2 Å². The number of rotatable bonds is 2. The normalized spacial score (nSPS) is 9.69. The van der Waals surface area contributed by atoms with Crippen LogP contribution < -0.4 is 5.73 Å². The van der Waals surface area contributed by atoms with Crippen LogP contribution in [0.2, 0.25) is 0 Å². The quantitative estimate of drug-likeness (QED) is 0.515. The number of benzene rings is 1. The van der Waals surface area contributed by atoms with Gasteiger partial charge in [0.25, 0.3) is 0 Å². The number of nitrogens with two attached hydrogens (primary N) is 1. The molecule has 70 valence electrons. The van der Waals surface area contributed by atoms with Crippen molar-refractivity contribution in [3.8, 4) is 0 Å². The Morgan fingerprint density at radius 1 is 1.62 bits per heavy atom. The number of ether oxygens (including phenoxy) is 1. The van der Waals surface area contributed by atoms with Crippen LogP contribution in [0.4, 0.5) is 5.69 Å². The van der Waals surface area contributed by atoms with E-state index in [1.54, 1.807) is 19.1 Å². The Labute approximate surface area is 90.4 Å². The van der Waals surface area contributed by atoms with Crippen molar-refractivity contribution in [2.75, 3.05) is 12.3 Å². The smallest absolute Gasteiger partial charge is 0.340 e. The number of hydrogen-bond donors (Lipinski definition) is 1. The van der Waals surface area contributed by atoms with E-state index in [1.165, 1.54) is 0 Å². The van der Waals surface area contributed by atoms with Crippen LogP contribution in [-0.4, -0.2) is 12.6 Å². The second kappa shape index (κ2) is 4.45. The molecule has 13 heavy (non-hydrogen) atoms. The van der Waals surface area contributed by atoms with Gasteiger partial charge in [-0.15, -0.1) is 0 Å². The maximum atomic E-state index is 11.3. The van der Waals surface area contributed by atoms with Crippen molar-refractivity contribution in [2.45, 2.75) is 6.92 Å². The molecular formula is C9H10INO2. The minimum atomic E-state index is -0.364. The Hall–Kier alpha value is -0.780. The molecule has 0 aromatic heterocycles. The van der Waals surface area contributed by atoms with Crippen LogP contribution in [0.15, 0.2) is 18.2 Å². The highest BCUT2D eigenvalue weighted by Crippen LogP contribution is 2.16. The van der Waals surface area contributed by atoms with Gasteiger partial charge in [0.2, 0.25) is 0 Å². The van der Waals surface area contributed by atoms with Crippen LogP contribution in [0, 0.1) is 3.57 Å². The number of carbonyl (C=O) groups excluding carboxylic acids is 1. The van der Waals surface area contributed by atoms with Crippen molar-refractivity contribution in [2.24, 2.45) is 0 Å². The third-order valence-electron chi connectivity index (χ3n) is 1.51. The Balaban J connectivity index is 2.95. The van der Waals surface area contributed by atoms with E-state index in [0.717, 1.165) is 3.57 Å². The first-order valence-electron chi connectivity index (χ1n) is 3.87. The van der Waals surface area contributed by atoms with Crippen molar-refractivity contribution in [3.63, 3.8) is 0 Å². The molecule has 0 spiro atoms. The van der Waals surface area contributed by atoms with Crippen molar-refractivity contribution < 1.29 is 9.53 Å². The average Bonchev–Trinajstić information content (AvgIpc) is 2.04. The molecular weight excluding hydrogens is 281 g/mol. The lowest BCUT2D eigenvalue weighted by Gasteiger charge is -2.04. The maximum absolute atomic E-state index is 11.3. The van der Waals surface area contributed by atoms with Gasteiger partial charge in [0.15, 0.2) is 0 Å². The van der Waals surface area contributed by atoms with Crippen molar-refractivity contribution in [1.82, 2.24) is 0 Å². The fraction of sp³-hybridized carbons (Fsp3) is 0.222. The lowest BCUT2D eigenvalue weighted by Crippen LogP contribution is -2.07. The maximum Gasteiger partial charge on any atom is 0.340 e. The molecule has 0 saturated carbocycles. The number of esters is 1. The molecule has 0 aliphatic heterocycles. The average molecular weight is 291 g/mol. The van der Waals surface area contributed by atoms with E-state index in [2.05, 4.69) is 22.6 Å². The molecule has 4 heteroatoms. The number of carbonyl (C=O) groups is 1. The molecule has 0 heterocycles. The predicted molar refractivity (Wildman–Crippen MR) is 59.5 cm³/mol. The topological polar surface area (TPSA) is 52.3 Å². The molecule has 0 saturated heterocycles. The first-order valence-corrected chi connectivity index (χ1v) is 4.95. The summed E-state index contributed by atoms with van der Waals surface area (Å²) in [5.41, 5.74) is 6.54. The fourth-order valence-corrected chi connectivity index (χ4v) is 1.44. The van der Waals surface area contributed by atoms with Crippen LogP contribution in [0.25, 0.3) is 0 Å². The summed E-state index contributed by atoms with van der Waals surface area (Å²) in [5, 5.41) is 0. The van der Waals surface area contributed by atoms with E-state index in [1.807, 2.05) is 6.07 Å².